The zero-order valence-electron chi connectivity index (χ0n) is 16.2. The first kappa shape index (κ1) is 20.4. The van der Waals surface area contributed by atoms with E-state index >= 15 is 0 Å². The van der Waals surface area contributed by atoms with Gasteiger partial charge in [-0.25, -0.2) is 0 Å². The van der Waals surface area contributed by atoms with Crippen LogP contribution in [-0.4, -0.2) is 29.3 Å². The van der Waals surface area contributed by atoms with Crippen LogP contribution in [0.4, 0.5) is 0 Å². The van der Waals surface area contributed by atoms with Crippen molar-refractivity contribution in [1.82, 2.24) is 10.2 Å². The number of hydrogen-bond acceptors (Lipinski definition) is 3. The van der Waals surface area contributed by atoms with Crippen LogP contribution in [0.25, 0.3) is 0 Å². The third-order valence-electron chi connectivity index (χ3n) is 5.24. The van der Waals surface area contributed by atoms with Crippen LogP contribution in [0.1, 0.15) is 36.6 Å². The highest BCUT2D eigenvalue weighted by atomic mass is 35.5. The minimum Gasteiger partial charge on any atom is -0.346 e. The number of halogens is 1. The summed E-state index contributed by atoms with van der Waals surface area (Å²) < 4.78 is 0. The van der Waals surface area contributed by atoms with E-state index in [0.717, 1.165) is 11.1 Å². The summed E-state index contributed by atoms with van der Waals surface area (Å²) in [6, 6.07) is 15.1. The topological polar surface area (TPSA) is 75.4 Å². The Morgan fingerprint density at radius 1 is 1.18 bits per heavy atom. The van der Waals surface area contributed by atoms with Crippen molar-refractivity contribution in [3.8, 4) is 0 Å². The van der Waals surface area contributed by atoms with Crippen molar-refractivity contribution in [2.75, 3.05) is 6.54 Å². The zero-order valence-corrected chi connectivity index (χ0v) is 16.9. The van der Waals surface area contributed by atoms with Crippen molar-refractivity contribution < 1.29 is 9.59 Å². The molecule has 0 aliphatic carbocycles. The first-order valence-corrected chi connectivity index (χ1v) is 9.89. The Kier molecular flexibility index (Phi) is 6.37. The van der Waals surface area contributed by atoms with Crippen LogP contribution >= 0.6 is 11.6 Å². The molecule has 1 unspecified atom stereocenters. The summed E-state index contributed by atoms with van der Waals surface area (Å²) in [5, 5.41) is 3.34. The first-order chi connectivity index (χ1) is 13.4. The van der Waals surface area contributed by atoms with Crippen molar-refractivity contribution in [3.05, 3.63) is 70.2 Å². The SMILES string of the molecule is CC(C)[C@H](N)C(=O)NCC(=O)N1Cc2cc(Cl)ccc2CC1c1ccccc1. The monoisotopic (exact) mass is 399 g/mol. The van der Waals surface area contributed by atoms with Crippen LogP contribution in [-0.2, 0) is 22.6 Å². The molecule has 0 spiro atoms. The highest BCUT2D eigenvalue weighted by Gasteiger charge is 2.31. The number of nitrogens with zero attached hydrogens (tertiary/aromatic N) is 1. The lowest BCUT2D eigenvalue weighted by Crippen LogP contribution is -2.49. The maximum atomic E-state index is 13.0. The first-order valence-electron chi connectivity index (χ1n) is 9.52. The maximum absolute atomic E-state index is 13.0. The van der Waals surface area contributed by atoms with E-state index in [9.17, 15) is 9.59 Å². The van der Waals surface area contributed by atoms with Gasteiger partial charge in [-0.2, -0.15) is 0 Å². The summed E-state index contributed by atoms with van der Waals surface area (Å²) in [4.78, 5) is 27.0. The van der Waals surface area contributed by atoms with Crippen molar-refractivity contribution in [3.63, 3.8) is 0 Å². The lowest BCUT2D eigenvalue weighted by molar-refractivity contribution is -0.136. The van der Waals surface area contributed by atoms with Gasteiger partial charge in [-0.3, -0.25) is 9.59 Å². The molecule has 0 aromatic heterocycles. The van der Waals surface area contributed by atoms with Gasteiger partial charge in [0.15, 0.2) is 0 Å². The smallest absolute Gasteiger partial charge is 0.242 e. The normalized spacial score (nSPS) is 17.2. The second-order valence-electron chi connectivity index (χ2n) is 7.55. The van der Waals surface area contributed by atoms with Crippen LogP contribution in [0.3, 0.4) is 0 Å². The van der Waals surface area contributed by atoms with E-state index in [1.807, 2.05) is 67.3 Å². The molecule has 1 heterocycles. The summed E-state index contributed by atoms with van der Waals surface area (Å²) in [6.45, 7) is 4.14. The molecular weight excluding hydrogens is 374 g/mol. The van der Waals surface area contributed by atoms with Crippen LogP contribution in [0.5, 0.6) is 0 Å². The third-order valence-corrected chi connectivity index (χ3v) is 5.47. The predicted molar refractivity (Wildman–Crippen MR) is 111 cm³/mol. The molecule has 28 heavy (non-hydrogen) atoms. The fourth-order valence-corrected chi connectivity index (χ4v) is 3.67. The average Bonchev–Trinajstić information content (AvgIpc) is 2.70. The number of nitrogens with two attached hydrogens (primary N) is 1. The third kappa shape index (κ3) is 4.54. The van der Waals surface area contributed by atoms with E-state index in [1.165, 1.54) is 5.56 Å². The van der Waals surface area contributed by atoms with Gasteiger partial charge in [0.05, 0.1) is 18.6 Å². The summed E-state index contributed by atoms with van der Waals surface area (Å²) in [7, 11) is 0. The van der Waals surface area contributed by atoms with Crippen LogP contribution in [0.15, 0.2) is 48.5 Å². The number of amides is 2. The molecule has 2 aromatic rings. The molecule has 0 saturated heterocycles. The molecule has 2 atom stereocenters. The minimum absolute atomic E-state index is 0.0103. The minimum atomic E-state index is -0.626. The van der Waals surface area contributed by atoms with Gasteiger partial charge in [0, 0.05) is 11.6 Å². The predicted octanol–water partition coefficient (Wildman–Crippen LogP) is 3.07. The Morgan fingerprint density at radius 2 is 1.89 bits per heavy atom. The number of rotatable bonds is 5. The van der Waals surface area contributed by atoms with Crippen molar-refractivity contribution >= 4 is 23.4 Å². The van der Waals surface area contributed by atoms with Gasteiger partial charge in [-0.15, -0.1) is 0 Å². The van der Waals surface area contributed by atoms with Gasteiger partial charge in [-0.1, -0.05) is 61.8 Å². The van der Waals surface area contributed by atoms with Crippen molar-refractivity contribution in [1.29, 1.82) is 0 Å². The molecule has 148 valence electrons. The van der Waals surface area contributed by atoms with E-state index in [-0.39, 0.29) is 30.3 Å². The summed E-state index contributed by atoms with van der Waals surface area (Å²) >= 11 is 6.15. The van der Waals surface area contributed by atoms with E-state index in [4.69, 9.17) is 17.3 Å². The number of hydrogen-bond donors (Lipinski definition) is 2. The molecule has 6 heteroatoms. The van der Waals surface area contributed by atoms with E-state index in [1.54, 1.807) is 0 Å². The van der Waals surface area contributed by atoms with Gasteiger partial charge in [0.2, 0.25) is 11.8 Å². The van der Waals surface area contributed by atoms with E-state index in [0.29, 0.717) is 18.0 Å². The van der Waals surface area contributed by atoms with Crippen LogP contribution in [0.2, 0.25) is 5.02 Å². The Labute approximate surface area is 170 Å². The molecule has 2 aromatic carbocycles. The molecule has 1 aliphatic heterocycles. The maximum Gasteiger partial charge on any atom is 0.242 e. The molecule has 2 amide bonds. The Hall–Kier alpha value is -2.37. The lowest BCUT2D eigenvalue weighted by atomic mass is 9.90. The van der Waals surface area contributed by atoms with E-state index in [2.05, 4.69) is 5.32 Å². The Bertz CT molecular complexity index is 854. The van der Waals surface area contributed by atoms with Crippen molar-refractivity contribution in [2.45, 2.75) is 38.9 Å². The van der Waals surface area contributed by atoms with Crippen LogP contribution in [0, 0.1) is 5.92 Å². The summed E-state index contributed by atoms with van der Waals surface area (Å²) in [5.74, 6) is -0.431. The number of carbonyl (C=O) groups excluding carboxylic acids is 2. The van der Waals surface area contributed by atoms with E-state index < -0.39 is 6.04 Å². The quantitative estimate of drug-likeness (QED) is 0.811. The Morgan fingerprint density at radius 3 is 2.57 bits per heavy atom. The molecule has 0 fully saturated rings. The van der Waals surface area contributed by atoms with Crippen LogP contribution < -0.4 is 11.1 Å². The number of nitrogens with one attached hydrogen (secondary N) is 1. The molecule has 3 N–H and O–H groups in total. The second-order valence-corrected chi connectivity index (χ2v) is 7.99. The van der Waals surface area contributed by atoms with Gasteiger partial charge in [-0.05, 0) is 41.2 Å². The molecule has 1 aliphatic rings. The molecule has 3 rings (SSSR count). The molecule has 0 saturated carbocycles. The highest BCUT2D eigenvalue weighted by molar-refractivity contribution is 6.30. The molecule has 0 radical (unpaired) electrons. The van der Waals surface area contributed by atoms with Gasteiger partial charge in [0.1, 0.15) is 0 Å². The fraction of sp³-hybridized carbons (Fsp3) is 0.364. The standard InChI is InChI=1S/C22H26ClN3O2/c1-14(2)21(24)22(28)25-12-20(27)26-13-17-10-18(23)9-8-16(17)11-19(26)15-6-4-3-5-7-15/h3-10,14,19,21H,11-13,24H2,1-2H3,(H,25,28)/t19?,21-/m0/s1. The molecule has 0 bridgehead atoms. The average molecular weight is 400 g/mol. The summed E-state index contributed by atoms with van der Waals surface area (Å²) in [6.07, 6.45) is 0.710. The van der Waals surface area contributed by atoms with Gasteiger partial charge in [0.25, 0.3) is 0 Å². The molecular formula is C22H26ClN3O2. The fourth-order valence-electron chi connectivity index (χ4n) is 3.47. The molecule has 5 nitrogen and oxygen atoms in total. The van der Waals surface area contributed by atoms with Crippen molar-refractivity contribution in [2.24, 2.45) is 11.7 Å². The summed E-state index contributed by atoms with van der Waals surface area (Å²) in [5.41, 5.74) is 9.17. The van der Waals surface area contributed by atoms with Gasteiger partial charge < -0.3 is 16.0 Å². The highest BCUT2D eigenvalue weighted by Crippen LogP contribution is 2.34. The Balaban J connectivity index is 1.81. The zero-order chi connectivity index (χ0) is 20.3. The second kappa shape index (κ2) is 8.76. The largest absolute Gasteiger partial charge is 0.346 e. The number of carbonyl (C=O) groups is 2. The number of fused-ring (bicyclic) bond motifs is 1. The van der Waals surface area contributed by atoms with Gasteiger partial charge >= 0.3 is 0 Å². The lowest BCUT2D eigenvalue weighted by Gasteiger charge is -2.37. The number of benzene rings is 2.